The molecule has 0 amide bonds. The molecular weight excluding hydrogens is 468 g/mol. The van der Waals surface area contributed by atoms with Crippen molar-refractivity contribution < 1.29 is 9.47 Å². The Hall–Kier alpha value is -4.70. The Labute approximate surface area is 225 Å². The quantitative estimate of drug-likeness (QED) is 0.212. The van der Waals surface area contributed by atoms with Crippen LogP contribution in [0.2, 0.25) is 0 Å². The summed E-state index contributed by atoms with van der Waals surface area (Å²) in [5.41, 5.74) is 8.99. The number of nitrogens with zero attached hydrogens (tertiary/aromatic N) is 2. The Balaban J connectivity index is 1.42. The van der Waals surface area contributed by atoms with Gasteiger partial charge in [-0.15, -0.1) is 0 Å². The number of benzene rings is 5. The van der Waals surface area contributed by atoms with Crippen molar-refractivity contribution in [2.24, 2.45) is 0 Å². The third-order valence-electron chi connectivity index (χ3n) is 6.76. The van der Waals surface area contributed by atoms with E-state index in [4.69, 9.17) is 9.47 Å². The fourth-order valence-electron chi connectivity index (χ4n) is 4.54. The predicted molar refractivity (Wildman–Crippen MR) is 159 cm³/mol. The van der Waals surface area contributed by atoms with E-state index in [-0.39, 0.29) is 0 Å². The first-order valence-corrected chi connectivity index (χ1v) is 12.6. The summed E-state index contributed by atoms with van der Waals surface area (Å²) < 4.78 is 10.9. The highest BCUT2D eigenvalue weighted by atomic mass is 16.5. The van der Waals surface area contributed by atoms with Crippen LogP contribution in [0.15, 0.2) is 121 Å². The number of ether oxygens (including phenoxy) is 2. The Morgan fingerprint density at radius 2 is 0.921 bits per heavy atom. The largest absolute Gasteiger partial charge is 0.497 e. The van der Waals surface area contributed by atoms with Gasteiger partial charge in [0.15, 0.2) is 0 Å². The van der Waals surface area contributed by atoms with Gasteiger partial charge in [0.25, 0.3) is 0 Å². The van der Waals surface area contributed by atoms with Crippen LogP contribution in [0.4, 0.5) is 28.4 Å². The summed E-state index contributed by atoms with van der Waals surface area (Å²) in [4.78, 5) is 4.40. The lowest BCUT2D eigenvalue weighted by Gasteiger charge is -2.26. The zero-order valence-electron chi connectivity index (χ0n) is 22.3. The molecule has 0 aliphatic heterocycles. The Morgan fingerprint density at radius 3 is 1.45 bits per heavy atom. The lowest BCUT2D eigenvalue weighted by atomic mass is 10.0. The number of hydrogen-bond donors (Lipinski definition) is 0. The molecule has 0 bridgehead atoms. The predicted octanol–water partition coefficient (Wildman–Crippen LogP) is 8.92. The first kappa shape index (κ1) is 25.0. The van der Waals surface area contributed by atoms with Crippen LogP contribution >= 0.6 is 0 Å². The number of methoxy groups -OCH3 is 2. The van der Waals surface area contributed by atoms with Gasteiger partial charge in [-0.25, -0.2) is 0 Å². The van der Waals surface area contributed by atoms with Crippen molar-refractivity contribution in [3.8, 4) is 22.6 Å². The van der Waals surface area contributed by atoms with Crippen LogP contribution in [0.3, 0.4) is 0 Å². The second-order valence-corrected chi connectivity index (χ2v) is 9.23. The molecule has 0 atom stereocenters. The van der Waals surface area contributed by atoms with E-state index in [1.807, 2.05) is 30.3 Å². The Morgan fingerprint density at radius 1 is 0.474 bits per heavy atom. The van der Waals surface area contributed by atoms with Crippen molar-refractivity contribution in [1.29, 1.82) is 0 Å². The van der Waals surface area contributed by atoms with Gasteiger partial charge in [0, 0.05) is 47.6 Å². The van der Waals surface area contributed by atoms with Gasteiger partial charge in [0.05, 0.1) is 14.2 Å². The van der Waals surface area contributed by atoms with E-state index >= 15 is 0 Å². The maximum Gasteiger partial charge on any atom is 0.120 e. The molecule has 190 valence electrons. The van der Waals surface area contributed by atoms with E-state index in [2.05, 4.69) is 115 Å². The lowest BCUT2D eigenvalue weighted by Crippen LogP contribution is -2.10. The molecule has 4 heteroatoms. The second kappa shape index (κ2) is 11.1. The van der Waals surface area contributed by atoms with Gasteiger partial charge in [0.2, 0.25) is 0 Å². The molecule has 0 radical (unpaired) electrons. The maximum atomic E-state index is 5.50. The average molecular weight is 501 g/mol. The zero-order valence-corrected chi connectivity index (χ0v) is 22.3. The molecule has 0 aromatic heterocycles. The van der Waals surface area contributed by atoms with E-state index in [0.717, 1.165) is 39.9 Å². The van der Waals surface area contributed by atoms with Gasteiger partial charge in [-0.05, 0) is 78.7 Å². The minimum atomic E-state index is 0.829. The highest BCUT2D eigenvalue weighted by Crippen LogP contribution is 2.37. The van der Waals surface area contributed by atoms with Crippen LogP contribution in [0, 0.1) is 6.92 Å². The van der Waals surface area contributed by atoms with Crippen molar-refractivity contribution in [1.82, 2.24) is 0 Å². The first-order chi connectivity index (χ1) is 18.6. The summed E-state index contributed by atoms with van der Waals surface area (Å²) in [7, 11) is 5.45. The number of rotatable bonds is 8. The summed E-state index contributed by atoms with van der Waals surface area (Å²) in [5, 5.41) is 0. The monoisotopic (exact) mass is 500 g/mol. The third kappa shape index (κ3) is 5.35. The number of anilines is 5. The van der Waals surface area contributed by atoms with Crippen molar-refractivity contribution in [2.45, 2.75) is 6.92 Å². The lowest BCUT2D eigenvalue weighted by molar-refractivity contribution is 0.415. The molecule has 4 nitrogen and oxygen atoms in total. The summed E-state index contributed by atoms with van der Waals surface area (Å²) in [6.07, 6.45) is 0. The van der Waals surface area contributed by atoms with Crippen LogP contribution in [0.5, 0.6) is 11.5 Å². The molecule has 0 unspecified atom stereocenters. The minimum absolute atomic E-state index is 0.829. The Kier molecular flexibility index (Phi) is 7.32. The first-order valence-electron chi connectivity index (χ1n) is 12.6. The molecule has 38 heavy (non-hydrogen) atoms. The number of hydrogen-bond acceptors (Lipinski definition) is 4. The molecule has 0 fully saturated rings. The van der Waals surface area contributed by atoms with Crippen LogP contribution in [-0.2, 0) is 0 Å². The molecule has 0 heterocycles. The van der Waals surface area contributed by atoms with Gasteiger partial charge in [-0.2, -0.15) is 0 Å². The summed E-state index contributed by atoms with van der Waals surface area (Å²) in [6.45, 7) is 2.11. The number of aryl methyl sites for hydroxylation is 1. The fourth-order valence-corrected chi connectivity index (χ4v) is 4.54. The zero-order chi connectivity index (χ0) is 26.5. The van der Waals surface area contributed by atoms with E-state index in [1.54, 1.807) is 14.2 Å². The molecule has 0 spiro atoms. The van der Waals surface area contributed by atoms with Crippen LogP contribution in [-0.4, -0.2) is 21.3 Å². The van der Waals surface area contributed by atoms with Crippen molar-refractivity contribution >= 4 is 28.4 Å². The fraction of sp³-hybridized carbons (Fsp3) is 0.118. The van der Waals surface area contributed by atoms with E-state index in [9.17, 15) is 0 Å². The molecule has 0 aliphatic rings. The summed E-state index contributed by atoms with van der Waals surface area (Å²) in [5.74, 6) is 1.68. The third-order valence-corrected chi connectivity index (χ3v) is 6.76. The normalized spacial score (nSPS) is 10.6. The van der Waals surface area contributed by atoms with Crippen LogP contribution < -0.4 is 19.3 Å². The van der Waals surface area contributed by atoms with Crippen molar-refractivity contribution in [3.63, 3.8) is 0 Å². The maximum absolute atomic E-state index is 5.50. The molecule has 5 aromatic rings. The smallest absolute Gasteiger partial charge is 0.120 e. The molecule has 0 saturated heterocycles. The van der Waals surface area contributed by atoms with Crippen molar-refractivity contribution in [2.75, 3.05) is 31.1 Å². The summed E-state index contributed by atoms with van der Waals surface area (Å²) >= 11 is 0. The van der Waals surface area contributed by atoms with Gasteiger partial charge in [0.1, 0.15) is 11.5 Å². The standard InChI is InChI=1S/C34H32N2O2/c1-25-11-17-29(18-12-25)36(32-8-6-10-34(24-32)38-4)30-21-15-27(16-22-30)26-13-19-28(20-14-26)35(2)31-7-5-9-33(23-31)37-3/h5-24H,1-4H3. The van der Waals surface area contributed by atoms with Crippen LogP contribution in [0.1, 0.15) is 5.56 Å². The molecular formula is C34H32N2O2. The van der Waals surface area contributed by atoms with Gasteiger partial charge >= 0.3 is 0 Å². The second-order valence-electron chi connectivity index (χ2n) is 9.23. The molecule has 0 aliphatic carbocycles. The van der Waals surface area contributed by atoms with E-state index in [1.165, 1.54) is 16.7 Å². The molecule has 5 aromatic carbocycles. The van der Waals surface area contributed by atoms with E-state index in [0.29, 0.717) is 0 Å². The Bertz CT molecular complexity index is 1490. The average Bonchev–Trinajstić information content (AvgIpc) is 2.98. The van der Waals surface area contributed by atoms with Crippen LogP contribution in [0.25, 0.3) is 11.1 Å². The van der Waals surface area contributed by atoms with Gasteiger partial charge < -0.3 is 19.3 Å². The summed E-state index contributed by atoms with van der Waals surface area (Å²) in [6, 6.07) is 42.2. The highest BCUT2D eigenvalue weighted by Gasteiger charge is 2.14. The van der Waals surface area contributed by atoms with Gasteiger partial charge in [-0.1, -0.05) is 54.1 Å². The molecule has 5 rings (SSSR count). The van der Waals surface area contributed by atoms with Gasteiger partial charge in [-0.3, -0.25) is 0 Å². The molecule has 0 saturated carbocycles. The molecule has 0 N–H and O–H groups in total. The van der Waals surface area contributed by atoms with Crippen molar-refractivity contribution in [3.05, 3.63) is 127 Å². The van der Waals surface area contributed by atoms with E-state index < -0.39 is 0 Å². The highest BCUT2D eigenvalue weighted by molar-refractivity contribution is 5.79. The SMILES string of the molecule is COc1cccc(N(C)c2ccc(-c3ccc(N(c4ccc(C)cc4)c4cccc(OC)c4)cc3)cc2)c1. The topological polar surface area (TPSA) is 24.9 Å². The minimum Gasteiger partial charge on any atom is -0.497 e.